The van der Waals surface area contributed by atoms with E-state index in [9.17, 15) is 0 Å². The number of para-hydroxylation sites is 1. The third-order valence-corrected chi connectivity index (χ3v) is 7.58. The Kier molecular flexibility index (Phi) is 6.87. The highest BCUT2D eigenvalue weighted by molar-refractivity contribution is 5.85. The Morgan fingerprint density at radius 3 is 2.29 bits per heavy atom. The molecule has 0 saturated heterocycles. The minimum absolute atomic E-state index is 0.0404. The standard InChI is InChI=1S/C30H38N4/c1-3-5-12-18-30(19-13-6-4-2)28-24(23-16-10-11-17-25(23)32-28)20-26(34-30)29-31-21-27(33-29)22-14-8-7-9-15-22/h7-11,14-17,21,26,32,34H,3-6,12-13,18-20H2,1-2H3,(H,31,33)/t26-/m0/s1. The fourth-order valence-electron chi connectivity index (χ4n) is 5.80. The van der Waals surface area contributed by atoms with Crippen LogP contribution in [0.2, 0.25) is 0 Å². The molecule has 5 rings (SSSR count). The molecule has 0 saturated carbocycles. The van der Waals surface area contributed by atoms with E-state index in [0.717, 1.165) is 30.8 Å². The molecule has 0 bridgehead atoms. The van der Waals surface area contributed by atoms with Crippen LogP contribution in [-0.4, -0.2) is 15.0 Å². The summed E-state index contributed by atoms with van der Waals surface area (Å²) in [6.45, 7) is 4.59. The van der Waals surface area contributed by atoms with E-state index in [-0.39, 0.29) is 11.6 Å². The highest BCUT2D eigenvalue weighted by Gasteiger charge is 2.42. The van der Waals surface area contributed by atoms with Crippen molar-refractivity contribution in [2.24, 2.45) is 0 Å². The van der Waals surface area contributed by atoms with Crippen LogP contribution in [0.4, 0.5) is 0 Å². The number of aromatic amines is 2. The van der Waals surface area contributed by atoms with Crippen molar-refractivity contribution in [1.29, 1.82) is 0 Å². The highest BCUT2D eigenvalue weighted by Crippen LogP contribution is 2.44. The second kappa shape index (κ2) is 10.2. The van der Waals surface area contributed by atoms with Gasteiger partial charge in [-0.3, -0.25) is 5.32 Å². The summed E-state index contributed by atoms with van der Waals surface area (Å²) in [6, 6.07) is 19.5. The number of hydrogen-bond donors (Lipinski definition) is 3. The normalized spacial score (nSPS) is 17.2. The molecular weight excluding hydrogens is 416 g/mol. The van der Waals surface area contributed by atoms with Crippen molar-refractivity contribution in [3.8, 4) is 11.3 Å². The first-order valence-corrected chi connectivity index (χ1v) is 13.2. The van der Waals surface area contributed by atoms with Gasteiger partial charge >= 0.3 is 0 Å². The first kappa shape index (κ1) is 22.9. The molecule has 0 spiro atoms. The summed E-state index contributed by atoms with van der Waals surface area (Å²) in [5.41, 5.74) is 6.39. The van der Waals surface area contributed by atoms with E-state index < -0.39 is 0 Å². The van der Waals surface area contributed by atoms with Gasteiger partial charge in [-0.2, -0.15) is 0 Å². The first-order valence-electron chi connectivity index (χ1n) is 13.2. The van der Waals surface area contributed by atoms with Crippen LogP contribution in [0.1, 0.15) is 88.3 Å². The quantitative estimate of drug-likeness (QED) is 0.214. The molecule has 0 aliphatic carbocycles. The van der Waals surface area contributed by atoms with Crippen molar-refractivity contribution in [2.75, 3.05) is 0 Å². The molecular formula is C30H38N4. The summed E-state index contributed by atoms with van der Waals surface area (Å²) in [5.74, 6) is 1.05. The van der Waals surface area contributed by atoms with Crippen LogP contribution in [0.3, 0.4) is 0 Å². The number of H-pyrrole nitrogens is 2. The Labute approximate surface area is 203 Å². The van der Waals surface area contributed by atoms with Crippen LogP contribution >= 0.6 is 0 Å². The summed E-state index contributed by atoms with van der Waals surface area (Å²) in [5, 5.41) is 5.53. The molecule has 4 nitrogen and oxygen atoms in total. The molecule has 2 aromatic carbocycles. The van der Waals surface area contributed by atoms with Crippen LogP contribution in [0.25, 0.3) is 22.2 Å². The van der Waals surface area contributed by atoms with Crippen molar-refractivity contribution in [2.45, 2.75) is 83.2 Å². The van der Waals surface area contributed by atoms with E-state index in [2.05, 4.69) is 83.7 Å². The van der Waals surface area contributed by atoms with Gasteiger partial charge in [-0.15, -0.1) is 0 Å². The number of aromatic nitrogens is 3. The second-order valence-corrected chi connectivity index (χ2v) is 9.97. The van der Waals surface area contributed by atoms with E-state index in [4.69, 9.17) is 4.98 Å². The monoisotopic (exact) mass is 454 g/mol. The maximum atomic E-state index is 4.88. The van der Waals surface area contributed by atoms with Gasteiger partial charge in [-0.05, 0) is 36.5 Å². The van der Waals surface area contributed by atoms with Crippen molar-refractivity contribution >= 4 is 10.9 Å². The molecule has 1 atom stereocenters. The van der Waals surface area contributed by atoms with Crippen molar-refractivity contribution in [1.82, 2.24) is 20.3 Å². The number of benzene rings is 2. The van der Waals surface area contributed by atoms with Crippen LogP contribution in [0.15, 0.2) is 60.8 Å². The maximum Gasteiger partial charge on any atom is 0.124 e. The fraction of sp³-hybridized carbons (Fsp3) is 0.433. The molecule has 0 fully saturated rings. The number of nitrogens with one attached hydrogen (secondary N) is 3. The molecule has 4 aromatic rings. The van der Waals surface area contributed by atoms with Gasteiger partial charge in [0.2, 0.25) is 0 Å². The second-order valence-electron chi connectivity index (χ2n) is 9.97. The van der Waals surface area contributed by atoms with E-state index >= 15 is 0 Å². The molecule has 0 amide bonds. The minimum Gasteiger partial charge on any atom is -0.357 e. The fourth-order valence-corrected chi connectivity index (χ4v) is 5.80. The van der Waals surface area contributed by atoms with Crippen molar-refractivity contribution in [3.63, 3.8) is 0 Å². The number of nitrogens with zero attached hydrogens (tertiary/aromatic N) is 1. The summed E-state index contributed by atoms with van der Waals surface area (Å²) < 4.78 is 0. The van der Waals surface area contributed by atoms with Crippen molar-refractivity contribution in [3.05, 3.63) is 77.9 Å². The zero-order valence-corrected chi connectivity index (χ0v) is 20.7. The number of fused-ring (bicyclic) bond motifs is 3. The molecule has 2 aromatic heterocycles. The zero-order chi connectivity index (χ0) is 23.4. The Balaban J connectivity index is 1.56. The molecule has 3 N–H and O–H groups in total. The lowest BCUT2D eigenvalue weighted by molar-refractivity contribution is 0.209. The SMILES string of the molecule is CCCCCC1(CCCCC)N[C@H](c2ncc(-c3ccccc3)[nH]2)Cc2c1[nH]c1ccccc21. The van der Waals surface area contributed by atoms with E-state index in [1.165, 1.54) is 66.2 Å². The third kappa shape index (κ3) is 4.44. The number of rotatable bonds is 10. The zero-order valence-electron chi connectivity index (χ0n) is 20.7. The minimum atomic E-state index is -0.0404. The average molecular weight is 455 g/mol. The molecule has 3 heterocycles. The van der Waals surface area contributed by atoms with Gasteiger partial charge in [-0.25, -0.2) is 4.98 Å². The topological polar surface area (TPSA) is 56.5 Å². The van der Waals surface area contributed by atoms with Crippen LogP contribution in [0, 0.1) is 0 Å². The lowest BCUT2D eigenvalue weighted by Crippen LogP contribution is -2.49. The van der Waals surface area contributed by atoms with Gasteiger partial charge in [0.15, 0.2) is 0 Å². The number of imidazole rings is 1. The van der Waals surface area contributed by atoms with Crippen LogP contribution < -0.4 is 5.32 Å². The average Bonchev–Trinajstić information content (AvgIpc) is 3.51. The van der Waals surface area contributed by atoms with E-state index in [0.29, 0.717) is 0 Å². The largest absolute Gasteiger partial charge is 0.357 e. The van der Waals surface area contributed by atoms with Gasteiger partial charge in [-0.1, -0.05) is 101 Å². The van der Waals surface area contributed by atoms with Gasteiger partial charge < -0.3 is 9.97 Å². The molecule has 0 radical (unpaired) electrons. The van der Waals surface area contributed by atoms with Crippen molar-refractivity contribution < 1.29 is 0 Å². The lowest BCUT2D eigenvalue weighted by Gasteiger charge is -2.42. The molecule has 34 heavy (non-hydrogen) atoms. The predicted octanol–water partition coefficient (Wildman–Crippen LogP) is 7.80. The Morgan fingerprint density at radius 2 is 1.56 bits per heavy atom. The Bertz CT molecular complexity index is 1190. The summed E-state index contributed by atoms with van der Waals surface area (Å²) in [4.78, 5) is 12.4. The maximum absolute atomic E-state index is 4.88. The predicted molar refractivity (Wildman–Crippen MR) is 142 cm³/mol. The Hall–Kier alpha value is -2.85. The summed E-state index contributed by atoms with van der Waals surface area (Å²) >= 11 is 0. The summed E-state index contributed by atoms with van der Waals surface area (Å²) in [6.07, 6.45) is 12.8. The van der Waals surface area contributed by atoms with Gasteiger partial charge in [0.05, 0.1) is 23.5 Å². The van der Waals surface area contributed by atoms with Gasteiger partial charge in [0.25, 0.3) is 0 Å². The van der Waals surface area contributed by atoms with Gasteiger partial charge in [0, 0.05) is 16.6 Å². The van der Waals surface area contributed by atoms with Gasteiger partial charge in [0.1, 0.15) is 5.82 Å². The van der Waals surface area contributed by atoms with E-state index in [1.54, 1.807) is 0 Å². The third-order valence-electron chi connectivity index (χ3n) is 7.58. The first-order chi connectivity index (χ1) is 16.7. The molecule has 4 heteroatoms. The Morgan fingerprint density at radius 1 is 0.853 bits per heavy atom. The molecule has 178 valence electrons. The smallest absolute Gasteiger partial charge is 0.124 e. The highest BCUT2D eigenvalue weighted by atomic mass is 15.1. The molecule has 0 unspecified atom stereocenters. The van der Waals surface area contributed by atoms with Crippen LogP contribution in [0.5, 0.6) is 0 Å². The number of hydrogen-bond acceptors (Lipinski definition) is 2. The van der Waals surface area contributed by atoms with Crippen LogP contribution in [-0.2, 0) is 12.0 Å². The van der Waals surface area contributed by atoms with E-state index in [1.807, 2.05) is 6.20 Å². The number of unbranched alkanes of at least 4 members (excludes halogenated alkanes) is 4. The lowest BCUT2D eigenvalue weighted by atomic mass is 9.77. The molecule has 1 aliphatic rings. The summed E-state index contributed by atoms with van der Waals surface area (Å²) in [7, 11) is 0. The molecule has 1 aliphatic heterocycles.